The summed E-state index contributed by atoms with van der Waals surface area (Å²) in [5.41, 5.74) is 1.05. The summed E-state index contributed by atoms with van der Waals surface area (Å²) in [4.78, 5) is 9.13. The second-order valence-electron chi connectivity index (χ2n) is 5.42. The number of hydrogen-bond donors (Lipinski definition) is 1. The van der Waals surface area contributed by atoms with Crippen LogP contribution in [0.25, 0.3) is 10.2 Å². The van der Waals surface area contributed by atoms with E-state index in [1.54, 1.807) is 11.3 Å². The number of rotatable bonds is 3. The number of likely N-dealkylation sites (N-methyl/N-ethyl adjacent to an activating group) is 1. The van der Waals surface area contributed by atoms with E-state index in [4.69, 9.17) is 4.98 Å². The molecule has 1 saturated heterocycles. The number of anilines is 1. The van der Waals surface area contributed by atoms with Crippen LogP contribution in [0, 0.1) is 0 Å². The Morgan fingerprint density at radius 3 is 2.95 bits per heavy atom. The Morgan fingerprint density at radius 1 is 1.42 bits per heavy atom. The van der Waals surface area contributed by atoms with Crippen LogP contribution in [0.4, 0.5) is 5.13 Å². The molecule has 1 aliphatic rings. The van der Waals surface area contributed by atoms with Gasteiger partial charge in [-0.05, 0) is 32.6 Å². The van der Waals surface area contributed by atoms with Crippen LogP contribution in [0.1, 0.15) is 6.42 Å². The van der Waals surface area contributed by atoms with Crippen molar-refractivity contribution in [3.63, 3.8) is 0 Å². The molecule has 2 unspecified atom stereocenters. The van der Waals surface area contributed by atoms with E-state index in [-0.39, 0.29) is 6.10 Å². The van der Waals surface area contributed by atoms with Gasteiger partial charge in [0.2, 0.25) is 0 Å². The van der Waals surface area contributed by atoms with Crippen molar-refractivity contribution < 1.29 is 5.11 Å². The predicted molar refractivity (Wildman–Crippen MR) is 79.9 cm³/mol. The standard InChI is InChI=1S/C14H19N3OS/c1-16(2)8-10-7-11(18)9-17(10)14-15-12-5-3-4-6-13(12)19-14/h3-6,10-11,18H,7-9H2,1-2H3. The van der Waals surface area contributed by atoms with Gasteiger partial charge >= 0.3 is 0 Å². The summed E-state index contributed by atoms with van der Waals surface area (Å²) in [6, 6.07) is 8.56. The molecule has 1 fully saturated rings. The first kappa shape index (κ1) is 12.8. The Kier molecular flexibility index (Phi) is 3.43. The Hall–Kier alpha value is -1.17. The van der Waals surface area contributed by atoms with Crippen molar-refractivity contribution in [2.24, 2.45) is 0 Å². The van der Waals surface area contributed by atoms with E-state index in [2.05, 4.69) is 30.0 Å². The number of fused-ring (bicyclic) bond motifs is 1. The lowest BCUT2D eigenvalue weighted by Crippen LogP contribution is -2.37. The molecule has 4 nitrogen and oxygen atoms in total. The molecule has 2 heterocycles. The number of para-hydroxylation sites is 1. The van der Waals surface area contributed by atoms with Gasteiger partial charge in [0.05, 0.1) is 16.3 Å². The molecule has 0 spiro atoms. The summed E-state index contributed by atoms with van der Waals surface area (Å²) in [6.45, 7) is 1.64. The molecule has 3 rings (SSSR count). The number of benzene rings is 1. The largest absolute Gasteiger partial charge is 0.391 e. The van der Waals surface area contributed by atoms with Gasteiger partial charge < -0.3 is 14.9 Å². The molecule has 0 bridgehead atoms. The average Bonchev–Trinajstić information content (AvgIpc) is 2.91. The summed E-state index contributed by atoms with van der Waals surface area (Å²) in [5, 5.41) is 11.0. The maximum Gasteiger partial charge on any atom is 0.186 e. The van der Waals surface area contributed by atoms with Crippen molar-refractivity contribution in [3.8, 4) is 0 Å². The smallest absolute Gasteiger partial charge is 0.186 e. The minimum atomic E-state index is -0.239. The van der Waals surface area contributed by atoms with Gasteiger partial charge in [-0.25, -0.2) is 4.98 Å². The maximum absolute atomic E-state index is 9.94. The lowest BCUT2D eigenvalue weighted by atomic mass is 10.2. The van der Waals surface area contributed by atoms with Gasteiger partial charge in [0.15, 0.2) is 5.13 Å². The van der Waals surface area contributed by atoms with Gasteiger partial charge in [-0.1, -0.05) is 23.5 Å². The molecule has 0 saturated carbocycles. The van der Waals surface area contributed by atoms with Crippen molar-refractivity contribution >= 4 is 26.7 Å². The number of aromatic nitrogens is 1. The highest BCUT2D eigenvalue weighted by molar-refractivity contribution is 7.22. The molecular formula is C14H19N3OS. The van der Waals surface area contributed by atoms with Crippen LogP contribution < -0.4 is 4.90 Å². The number of thiazole rings is 1. The molecule has 102 valence electrons. The van der Waals surface area contributed by atoms with Gasteiger partial charge in [-0.15, -0.1) is 0 Å². The highest BCUT2D eigenvalue weighted by Gasteiger charge is 2.33. The highest BCUT2D eigenvalue weighted by atomic mass is 32.1. The molecule has 5 heteroatoms. The Labute approximate surface area is 117 Å². The predicted octanol–water partition coefficient (Wildman–Crippen LogP) is 1.80. The Balaban J connectivity index is 1.90. The fraction of sp³-hybridized carbons (Fsp3) is 0.500. The summed E-state index contributed by atoms with van der Waals surface area (Å²) in [7, 11) is 4.14. The van der Waals surface area contributed by atoms with Crippen molar-refractivity contribution in [1.82, 2.24) is 9.88 Å². The molecule has 0 amide bonds. The number of aliphatic hydroxyl groups is 1. The number of nitrogens with zero attached hydrogens (tertiary/aromatic N) is 3. The van der Waals surface area contributed by atoms with Crippen LogP contribution in [-0.4, -0.2) is 54.3 Å². The van der Waals surface area contributed by atoms with E-state index in [0.717, 1.165) is 23.6 Å². The van der Waals surface area contributed by atoms with Crippen LogP contribution in [0.15, 0.2) is 24.3 Å². The Morgan fingerprint density at radius 2 is 2.21 bits per heavy atom. The van der Waals surface area contributed by atoms with Gasteiger partial charge in [0, 0.05) is 19.1 Å². The first-order valence-corrected chi connectivity index (χ1v) is 7.40. The highest BCUT2D eigenvalue weighted by Crippen LogP contribution is 2.33. The molecule has 0 radical (unpaired) electrons. The van der Waals surface area contributed by atoms with Crippen LogP contribution in [-0.2, 0) is 0 Å². The van der Waals surface area contributed by atoms with Gasteiger partial charge in [-0.2, -0.15) is 0 Å². The molecular weight excluding hydrogens is 258 g/mol. The molecule has 2 aromatic rings. The van der Waals surface area contributed by atoms with E-state index in [1.807, 2.05) is 18.2 Å². The van der Waals surface area contributed by atoms with Crippen molar-refractivity contribution in [2.75, 3.05) is 32.1 Å². The second kappa shape index (κ2) is 5.07. The SMILES string of the molecule is CN(C)CC1CC(O)CN1c1nc2ccccc2s1. The number of aliphatic hydroxyl groups excluding tert-OH is 1. The van der Waals surface area contributed by atoms with Crippen LogP contribution in [0.2, 0.25) is 0 Å². The minimum Gasteiger partial charge on any atom is -0.391 e. The average molecular weight is 277 g/mol. The molecule has 19 heavy (non-hydrogen) atoms. The van der Waals surface area contributed by atoms with E-state index in [9.17, 15) is 5.11 Å². The zero-order chi connectivity index (χ0) is 13.4. The monoisotopic (exact) mass is 277 g/mol. The summed E-state index contributed by atoms with van der Waals surface area (Å²) in [6.07, 6.45) is 0.589. The van der Waals surface area contributed by atoms with Gasteiger partial charge in [0.25, 0.3) is 0 Å². The topological polar surface area (TPSA) is 39.6 Å². The number of β-amino-alcohol motifs (C(OH)–C–C–N with tert-alkyl or cyclic N) is 1. The van der Waals surface area contributed by atoms with E-state index >= 15 is 0 Å². The third kappa shape index (κ3) is 2.59. The van der Waals surface area contributed by atoms with Gasteiger partial charge in [0.1, 0.15) is 0 Å². The van der Waals surface area contributed by atoms with Crippen molar-refractivity contribution in [2.45, 2.75) is 18.6 Å². The lowest BCUT2D eigenvalue weighted by molar-refractivity contribution is 0.191. The first-order valence-electron chi connectivity index (χ1n) is 6.58. The summed E-state index contributed by atoms with van der Waals surface area (Å²) < 4.78 is 1.21. The minimum absolute atomic E-state index is 0.239. The lowest BCUT2D eigenvalue weighted by Gasteiger charge is -2.26. The molecule has 1 aromatic carbocycles. The zero-order valence-electron chi connectivity index (χ0n) is 11.3. The summed E-state index contributed by atoms with van der Waals surface area (Å²) >= 11 is 1.71. The fourth-order valence-corrected chi connectivity index (χ4v) is 3.75. The molecule has 1 aromatic heterocycles. The molecule has 1 N–H and O–H groups in total. The van der Waals surface area contributed by atoms with Crippen LogP contribution in [0.5, 0.6) is 0 Å². The third-order valence-corrected chi connectivity index (χ3v) is 4.57. The second-order valence-corrected chi connectivity index (χ2v) is 6.43. The first-order chi connectivity index (χ1) is 9.13. The van der Waals surface area contributed by atoms with E-state index < -0.39 is 0 Å². The third-order valence-electron chi connectivity index (χ3n) is 3.50. The van der Waals surface area contributed by atoms with E-state index in [1.165, 1.54) is 4.70 Å². The molecule has 2 atom stereocenters. The van der Waals surface area contributed by atoms with E-state index in [0.29, 0.717) is 12.6 Å². The van der Waals surface area contributed by atoms with Gasteiger partial charge in [-0.3, -0.25) is 0 Å². The zero-order valence-corrected chi connectivity index (χ0v) is 12.1. The van der Waals surface area contributed by atoms with Crippen LogP contribution in [0.3, 0.4) is 0 Å². The fourth-order valence-electron chi connectivity index (χ4n) is 2.70. The van der Waals surface area contributed by atoms with Crippen molar-refractivity contribution in [3.05, 3.63) is 24.3 Å². The normalized spacial score (nSPS) is 23.7. The quantitative estimate of drug-likeness (QED) is 0.928. The Bertz CT molecular complexity index is 536. The molecule has 1 aliphatic heterocycles. The summed E-state index contributed by atoms with van der Waals surface area (Å²) in [5.74, 6) is 0. The van der Waals surface area contributed by atoms with Crippen LogP contribution >= 0.6 is 11.3 Å². The number of hydrogen-bond acceptors (Lipinski definition) is 5. The van der Waals surface area contributed by atoms with Crippen molar-refractivity contribution in [1.29, 1.82) is 0 Å². The maximum atomic E-state index is 9.94. The molecule has 0 aliphatic carbocycles.